The number of fused-ring (bicyclic) bond motifs is 4. The Hall–Kier alpha value is -2.63. The number of sulfonamides is 1. The molecule has 6 rings (SSSR count). The first-order valence-electron chi connectivity index (χ1n) is 16.9. The Labute approximate surface area is 283 Å². The van der Waals surface area contributed by atoms with Gasteiger partial charge in [0.05, 0.1) is 36.9 Å². The van der Waals surface area contributed by atoms with Gasteiger partial charge in [-0.25, -0.2) is 13.1 Å². The molecule has 1 amide bonds. The van der Waals surface area contributed by atoms with Crippen LogP contribution >= 0.6 is 11.6 Å². The first kappa shape index (κ1) is 34.2. The molecule has 2 heterocycles. The second-order valence-electron chi connectivity index (χ2n) is 13.8. The number of methoxy groups -OCH3 is 1. The van der Waals surface area contributed by atoms with Crippen molar-refractivity contribution in [2.75, 3.05) is 51.5 Å². The van der Waals surface area contributed by atoms with E-state index >= 15 is 0 Å². The number of aliphatic hydroxyl groups excluding tert-OH is 1. The maximum atomic E-state index is 13.8. The number of hydrogen-bond donors (Lipinski definition) is 2. The minimum atomic E-state index is -4.08. The van der Waals surface area contributed by atoms with Crippen LogP contribution in [0.2, 0.25) is 5.02 Å². The van der Waals surface area contributed by atoms with Gasteiger partial charge in [-0.05, 0) is 104 Å². The second kappa shape index (κ2) is 14.5. The number of nitrogens with one attached hydrogen (secondary N) is 1. The molecule has 9 nitrogen and oxygen atoms in total. The number of rotatable bonds is 6. The molecule has 4 aliphatic rings. The van der Waals surface area contributed by atoms with Crippen molar-refractivity contribution >= 4 is 33.2 Å². The number of halogens is 1. The van der Waals surface area contributed by atoms with Crippen LogP contribution in [0.1, 0.15) is 66.9 Å². The van der Waals surface area contributed by atoms with Crippen LogP contribution in [0.3, 0.4) is 0 Å². The normalized spacial score (nSPS) is 31.0. The lowest BCUT2D eigenvalue weighted by atomic mass is 9.68. The Balaban J connectivity index is 1.35. The van der Waals surface area contributed by atoms with Gasteiger partial charge in [0.15, 0.2) is 0 Å². The topological polar surface area (TPSA) is 114 Å². The predicted octanol–water partition coefficient (Wildman–Crippen LogP) is 5.28. The third kappa shape index (κ3) is 7.37. The quantitative estimate of drug-likeness (QED) is 0.312. The third-order valence-corrected chi connectivity index (χ3v) is 13.0. The Kier molecular flexibility index (Phi) is 10.5. The van der Waals surface area contributed by atoms with Gasteiger partial charge in [0.25, 0.3) is 5.91 Å². The van der Waals surface area contributed by atoms with E-state index in [1.54, 1.807) is 25.3 Å². The van der Waals surface area contributed by atoms with E-state index in [1.165, 1.54) is 11.1 Å². The molecule has 1 fully saturated rings. The predicted molar refractivity (Wildman–Crippen MR) is 183 cm³/mol. The van der Waals surface area contributed by atoms with Crippen LogP contribution in [0.5, 0.6) is 5.75 Å². The molecule has 2 bridgehead atoms. The molecule has 47 heavy (non-hydrogen) atoms. The third-order valence-electron chi connectivity index (χ3n) is 10.8. The summed E-state index contributed by atoms with van der Waals surface area (Å²) in [5.74, 6) is 0.0306. The largest absolute Gasteiger partial charge is 0.490 e. The second-order valence-corrected chi connectivity index (χ2v) is 16.2. The number of nitrogens with zero attached hydrogens (tertiary/aromatic N) is 1. The summed E-state index contributed by atoms with van der Waals surface area (Å²) >= 11 is 6.41. The molecule has 0 saturated heterocycles. The molecule has 0 aromatic heterocycles. The van der Waals surface area contributed by atoms with Crippen LogP contribution in [0.15, 0.2) is 48.6 Å². The highest BCUT2D eigenvalue weighted by Gasteiger charge is 2.44. The number of amides is 1. The lowest BCUT2D eigenvalue weighted by Gasteiger charge is -2.45. The first-order valence-corrected chi connectivity index (χ1v) is 18.8. The zero-order valence-corrected chi connectivity index (χ0v) is 28.9. The van der Waals surface area contributed by atoms with Crippen molar-refractivity contribution < 1.29 is 32.5 Å². The minimum Gasteiger partial charge on any atom is -0.490 e. The Bertz CT molecular complexity index is 1580. The standard InChI is InChI=1S/C36H47ClN2O7S/c1-24-5-3-7-32(40)29-11-8-27(29)21-39-22-36(15-4-6-25-19-28(37)10-12-30(25)36)23-46-33-13-9-26(20-31(33)39)35(41)38-47(42,43)34(24)14-16-45-18-17-44-2/h3,7,9-10,12-13,19-20,24,27,29,32,34,40H,4-6,8,11,14-18,21-23H2,1-2H3,(H,38,41)/b7-3+/t24?,27-,29+,32-,34-,36-/m0/s1. The van der Waals surface area contributed by atoms with Gasteiger partial charge in [-0.15, -0.1) is 0 Å². The molecule has 11 heteroatoms. The van der Waals surface area contributed by atoms with E-state index in [4.69, 9.17) is 25.8 Å². The van der Waals surface area contributed by atoms with Gasteiger partial charge < -0.3 is 24.2 Å². The van der Waals surface area contributed by atoms with Gasteiger partial charge in [0.2, 0.25) is 10.0 Å². The van der Waals surface area contributed by atoms with E-state index in [9.17, 15) is 18.3 Å². The van der Waals surface area contributed by atoms with E-state index in [1.807, 2.05) is 25.1 Å². The monoisotopic (exact) mass is 686 g/mol. The summed E-state index contributed by atoms with van der Waals surface area (Å²) in [4.78, 5) is 16.0. The zero-order valence-electron chi connectivity index (χ0n) is 27.3. The Morgan fingerprint density at radius 2 is 2.00 bits per heavy atom. The maximum Gasteiger partial charge on any atom is 0.264 e. The van der Waals surface area contributed by atoms with Crippen LogP contribution in [0.25, 0.3) is 0 Å². The van der Waals surface area contributed by atoms with Crippen molar-refractivity contribution in [2.45, 2.75) is 68.6 Å². The van der Waals surface area contributed by atoms with E-state index in [0.717, 1.165) is 42.8 Å². The van der Waals surface area contributed by atoms with E-state index in [2.05, 4.69) is 21.8 Å². The number of anilines is 1. The molecule has 2 aromatic carbocycles. The number of aliphatic hydroxyl groups is 1. The molecule has 6 atom stereocenters. The van der Waals surface area contributed by atoms with Gasteiger partial charge in [0.1, 0.15) is 5.75 Å². The van der Waals surface area contributed by atoms with Crippen LogP contribution < -0.4 is 14.4 Å². The summed E-state index contributed by atoms with van der Waals surface area (Å²) in [5, 5.41) is 11.1. The Morgan fingerprint density at radius 3 is 2.79 bits per heavy atom. The molecule has 0 radical (unpaired) electrons. The van der Waals surface area contributed by atoms with Crippen molar-refractivity contribution in [2.24, 2.45) is 17.8 Å². The van der Waals surface area contributed by atoms with E-state index < -0.39 is 27.3 Å². The SMILES string of the molecule is COCCOCC[C@H]1C(C)C/C=C/[C@H](O)[C@@H]2CC[C@H]2CN2C[C@@]3(CCCc4cc(Cl)ccc43)COc3ccc(cc32)C(=O)NS1(=O)=O. The molecular formula is C36H47ClN2O7S. The molecule has 2 aliphatic heterocycles. The van der Waals surface area contributed by atoms with Crippen molar-refractivity contribution in [3.8, 4) is 5.75 Å². The lowest BCUT2D eigenvalue weighted by molar-refractivity contribution is 0.0455. The zero-order chi connectivity index (χ0) is 33.2. The smallest absolute Gasteiger partial charge is 0.264 e. The number of benzene rings is 2. The summed E-state index contributed by atoms with van der Waals surface area (Å²) in [6, 6.07) is 11.4. The van der Waals surface area contributed by atoms with Crippen molar-refractivity contribution in [3.05, 3.63) is 70.3 Å². The van der Waals surface area contributed by atoms with Gasteiger partial charge in [-0.2, -0.15) is 0 Å². The highest BCUT2D eigenvalue weighted by molar-refractivity contribution is 7.90. The fourth-order valence-electron chi connectivity index (χ4n) is 7.99. The van der Waals surface area contributed by atoms with Crippen LogP contribution in [-0.4, -0.2) is 77.4 Å². The molecule has 1 spiro atoms. The summed E-state index contributed by atoms with van der Waals surface area (Å²) < 4.78 is 47.1. The van der Waals surface area contributed by atoms with Crippen molar-refractivity contribution in [3.63, 3.8) is 0 Å². The lowest BCUT2D eigenvalue weighted by Crippen LogP contribution is -2.49. The van der Waals surface area contributed by atoms with Gasteiger partial charge in [-0.1, -0.05) is 36.7 Å². The summed E-state index contributed by atoms with van der Waals surface area (Å²) in [6.07, 6.45) is 8.62. The molecule has 2 N–H and O–H groups in total. The number of allylic oxidation sites excluding steroid dienone is 1. The van der Waals surface area contributed by atoms with Gasteiger partial charge >= 0.3 is 0 Å². The molecule has 2 aromatic rings. The van der Waals surface area contributed by atoms with Crippen molar-refractivity contribution in [1.82, 2.24) is 4.72 Å². The average Bonchev–Trinajstić information content (AvgIpc) is 3.17. The number of ether oxygens (including phenoxy) is 3. The minimum absolute atomic E-state index is 0.0932. The highest BCUT2D eigenvalue weighted by Crippen LogP contribution is 2.46. The van der Waals surface area contributed by atoms with Crippen LogP contribution in [0.4, 0.5) is 5.69 Å². The molecule has 1 saturated carbocycles. The van der Waals surface area contributed by atoms with E-state index in [0.29, 0.717) is 45.1 Å². The van der Waals surface area contributed by atoms with Crippen LogP contribution in [-0.2, 0) is 31.3 Å². The van der Waals surface area contributed by atoms with Gasteiger partial charge in [0, 0.05) is 42.8 Å². The molecule has 1 unspecified atom stereocenters. The molecular weight excluding hydrogens is 640 g/mol. The maximum absolute atomic E-state index is 13.8. The highest BCUT2D eigenvalue weighted by atomic mass is 35.5. The fraction of sp³-hybridized carbons (Fsp3) is 0.583. The number of carbonyl (C=O) groups excluding carboxylic acids is 1. The average molecular weight is 687 g/mol. The fourth-order valence-corrected chi connectivity index (χ4v) is 9.84. The number of carbonyl (C=O) groups is 1. The van der Waals surface area contributed by atoms with Crippen molar-refractivity contribution in [1.29, 1.82) is 0 Å². The summed E-state index contributed by atoms with van der Waals surface area (Å²) in [6.45, 7) is 4.69. The summed E-state index contributed by atoms with van der Waals surface area (Å²) in [7, 11) is -2.50. The molecule has 2 aliphatic carbocycles. The van der Waals surface area contributed by atoms with Crippen LogP contribution in [0, 0.1) is 17.8 Å². The summed E-state index contributed by atoms with van der Waals surface area (Å²) in [5.41, 5.74) is 3.24. The number of hydrogen-bond acceptors (Lipinski definition) is 8. The number of aryl methyl sites for hydroxylation is 1. The molecule has 256 valence electrons. The first-order chi connectivity index (χ1) is 22.6. The van der Waals surface area contributed by atoms with Gasteiger partial charge in [-0.3, -0.25) is 4.79 Å². The Morgan fingerprint density at radius 1 is 1.15 bits per heavy atom. The van der Waals surface area contributed by atoms with E-state index in [-0.39, 0.29) is 41.8 Å².